The molecule has 3 heterocycles. The fourth-order valence-electron chi connectivity index (χ4n) is 4.99. The molecule has 3 aromatic carbocycles. The smallest absolute Gasteiger partial charge is 0.415 e. The fourth-order valence-corrected chi connectivity index (χ4v) is 7.02. The molecule has 5 aromatic rings. The van der Waals surface area contributed by atoms with Crippen LogP contribution in [0.2, 0.25) is 0 Å². The molecule has 0 radical (unpaired) electrons. The standard InChI is InChI=1S/C32H27N7O6S2/c33-20-26-28(22-10-4-1-5-11-22)35-32(36-29(26)34-23-12-6-2-7-13-23)46-21-27(40)38-18-16-24(17-19-38)44-30-31(39(41)45-37-30)47(42,43)25-14-8-3-9-15-25/h1-15,24H,16-19,21H2,(H,34,35,36). The number of carbonyl (C=O) groups is 1. The van der Waals surface area contributed by atoms with E-state index in [0.29, 0.717) is 42.6 Å². The van der Waals surface area contributed by atoms with Crippen LogP contribution in [-0.2, 0) is 14.6 Å². The van der Waals surface area contributed by atoms with Gasteiger partial charge in [0.25, 0.3) is 9.84 Å². The zero-order valence-electron chi connectivity index (χ0n) is 24.7. The van der Waals surface area contributed by atoms with Crippen molar-refractivity contribution in [3.63, 3.8) is 0 Å². The first-order valence-electron chi connectivity index (χ1n) is 14.5. The molecule has 0 saturated carbocycles. The lowest BCUT2D eigenvalue weighted by molar-refractivity contribution is -0.832. The van der Waals surface area contributed by atoms with Gasteiger partial charge in [-0.3, -0.25) is 9.42 Å². The Balaban J connectivity index is 1.12. The highest BCUT2D eigenvalue weighted by molar-refractivity contribution is 7.99. The highest BCUT2D eigenvalue weighted by atomic mass is 32.2. The summed E-state index contributed by atoms with van der Waals surface area (Å²) in [7, 11) is -4.24. The number of aromatic nitrogens is 4. The monoisotopic (exact) mass is 669 g/mol. The molecule has 0 atom stereocenters. The number of thioether (sulfide) groups is 1. The molecule has 238 valence electrons. The van der Waals surface area contributed by atoms with Crippen molar-refractivity contribution in [2.75, 3.05) is 24.2 Å². The van der Waals surface area contributed by atoms with Crippen molar-refractivity contribution >= 4 is 39.0 Å². The summed E-state index contributed by atoms with van der Waals surface area (Å²) in [5.41, 5.74) is 2.23. The predicted molar refractivity (Wildman–Crippen MR) is 170 cm³/mol. The Labute approximate surface area is 274 Å². The average Bonchev–Trinajstić information content (AvgIpc) is 3.48. The lowest BCUT2D eigenvalue weighted by atomic mass is 10.1. The maximum atomic E-state index is 13.2. The van der Waals surface area contributed by atoms with Crippen LogP contribution in [0.25, 0.3) is 11.3 Å². The van der Waals surface area contributed by atoms with Gasteiger partial charge in [-0.05, 0) is 29.2 Å². The molecule has 1 saturated heterocycles. The van der Waals surface area contributed by atoms with Crippen molar-refractivity contribution < 1.29 is 27.5 Å². The minimum absolute atomic E-state index is 0.0510. The third-order valence-electron chi connectivity index (χ3n) is 7.34. The molecule has 0 spiro atoms. The van der Waals surface area contributed by atoms with Gasteiger partial charge in [0.05, 0.1) is 21.5 Å². The molecule has 0 aliphatic carbocycles. The molecule has 0 unspecified atom stereocenters. The predicted octanol–water partition coefficient (Wildman–Crippen LogP) is 4.38. The van der Waals surface area contributed by atoms with Crippen molar-refractivity contribution in [2.45, 2.75) is 34.0 Å². The van der Waals surface area contributed by atoms with Crippen LogP contribution >= 0.6 is 11.8 Å². The van der Waals surface area contributed by atoms with Gasteiger partial charge in [-0.25, -0.2) is 18.4 Å². The molecule has 2 aromatic heterocycles. The van der Waals surface area contributed by atoms with E-state index < -0.39 is 26.8 Å². The van der Waals surface area contributed by atoms with E-state index in [9.17, 15) is 23.7 Å². The number of likely N-dealkylation sites (tertiary alicyclic amines) is 1. The molecular formula is C32H27N7O6S2. The second-order valence-electron chi connectivity index (χ2n) is 10.4. The van der Waals surface area contributed by atoms with Gasteiger partial charge in [0.15, 0.2) is 11.0 Å². The van der Waals surface area contributed by atoms with E-state index in [4.69, 9.17) is 4.74 Å². The molecule has 1 fully saturated rings. The number of carbonyl (C=O) groups excluding carboxylic acids is 1. The number of nitriles is 1. The molecule has 6 rings (SSSR count). The van der Waals surface area contributed by atoms with Gasteiger partial charge in [0, 0.05) is 37.2 Å². The summed E-state index contributed by atoms with van der Waals surface area (Å²) in [6.07, 6.45) is 0.260. The van der Waals surface area contributed by atoms with E-state index in [1.165, 1.54) is 24.3 Å². The third kappa shape index (κ3) is 7.03. The normalized spacial score (nSPS) is 13.6. The molecular weight excluding hydrogens is 643 g/mol. The van der Waals surface area contributed by atoms with E-state index in [1.54, 1.807) is 11.0 Å². The maximum absolute atomic E-state index is 13.2. The van der Waals surface area contributed by atoms with Gasteiger partial charge in [-0.1, -0.05) is 78.5 Å². The van der Waals surface area contributed by atoms with Gasteiger partial charge < -0.3 is 20.2 Å². The van der Waals surface area contributed by atoms with E-state index in [0.717, 1.165) is 23.0 Å². The van der Waals surface area contributed by atoms with Gasteiger partial charge in [-0.2, -0.15) is 5.26 Å². The zero-order chi connectivity index (χ0) is 32.8. The number of rotatable bonds is 10. The van der Waals surface area contributed by atoms with Gasteiger partial charge in [0.1, 0.15) is 17.7 Å². The first-order valence-corrected chi connectivity index (χ1v) is 17.0. The molecule has 15 heteroatoms. The van der Waals surface area contributed by atoms with Crippen molar-refractivity contribution in [3.8, 4) is 23.2 Å². The summed E-state index contributed by atoms with van der Waals surface area (Å²) in [6.45, 7) is 0.675. The number of benzene rings is 3. The van der Waals surface area contributed by atoms with Gasteiger partial charge in [0.2, 0.25) is 5.91 Å². The van der Waals surface area contributed by atoms with Crippen molar-refractivity contribution in [1.82, 2.24) is 20.0 Å². The van der Waals surface area contributed by atoms with Crippen molar-refractivity contribution in [3.05, 3.63) is 102 Å². The van der Waals surface area contributed by atoms with Crippen LogP contribution in [0.15, 0.2) is 111 Å². The third-order valence-corrected chi connectivity index (χ3v) is 9.89. The SMILES string of the molecule is N#Cc1c(Nc2ccccc2)nc(SCC(=O)N2CCC(Oc3no[n+]([O-])c3S(=O)(=O)c3ccccc3)CC2)nc1-c1ccccc1. The summed E-state index contributed by atoms with van der Waals surface area (Å²) in [5.74, 6) is -0.181. The van der Waals surface area contributed by atoms with Crippen LogP contribution in [0.1, 0.15) is 18.4 Å². The Kier molecular flexibility index (Phi) is 9.32. The number of sulfone groups is 1. The topological polar surface area (TPSA) is 178 Å². The Hall–Kier alpha value is -5.46. The first-order chi connectivity index (χ1) is 22.8. The Bertz CT molecular complexity index is 2010. The lowest BCUT2D eigenvalue weighted by Gasteiger charge is -2.31. The van der Waals surface area contributed by atoms with Gasteiger partial charge in [-0.15, -0.1) is 0 Å². The number of nitrogens with zero attached hydrogens (tertiary/aromatic N) is 6. The summed E-state index contributed by atoms with van der Waals surface area (Å²) in [4.78, 5) is 23.9. The summed E-state index contributed by atoms with van der Waals surface area (Å²) >= 11 is 1.16. The average molecular weight is 670 g/mol. The molecule has 0 bridgehead atoms. The van der Waals surface area contributed by atoms with E-state index in [2.05, 4.69) is 31.1 Å². The molecule has 1 aliphatic heterocycles. The second kappa shape index (κ2) is 13.9. The molecule has 1 amide bonds. The number of amides is 1. The molecule has 47 heavy (non-hydrogen) atoms. The quantitative estimate of drug-likeness (QED) is 0.126. The zero-order valence-corrected chi connectivity index (χ0v) is 26.4. The molecule has 1 N–H and O–H groups in total. The highest BCUT2D eigenvalue weighted by Gasteiger charge is 2.37. The number of hydrogen-bond donors (Lipinski definition) is 1. The number of anilines is 2. The Morgan fingerprint density at radius 2 is 1.66 bits per heavy atom. The van der Waals surface area contributed by atoms with Crippen LogP contribution in [0, 0.1) is 16.5 Å². The summed E-state index contributed by atoms with van der Waals surface area (Å²) in [6, 6.07) is 28.3. The van der Waals surface area contributed by atoms with Crippen molar-refractivity contribution in [1.29, 1.82) is 5.26 Å². The van der Waals surface area contributed by atoms with Crippen LogP contribution in [0.3, 0.4) is 0 Å². The highest BCUT2D eigenvalue weighted by Crippen LogP contribution is 2.31. The number of hydrogen-bond acceptors (Lipinski definition) is 12. The maximum Gasteiger partial charge on any atom is 0.415 e. The van der Waals surface area contributed by atoms with Crippen LogP contribution in [0.5, 0.6) is 5.88 Å². The van der Waals surface area contributed by atoms with Crippen LogP contribution in [0.4, 0.5) is 11.5 Å². The minimum Gasteiger partial charge on any atom is -0.451 e. The Morgan fingerprint density at radius 1 is 1.02 bits per heavy atom. The van der Waals surface area contributed by atoms with Crippen LogP contribution < -0.4 is 15.0 Å². The van der Waals surface area contributed by atoms with Gasteiger partial charge >= 0.3 is 10.9 Å². The fraction of sp³-hybridized carbons (Fsp3) is 0.188. The summed E-state index contributed by atoms with van der Waals surface area (Å²) < 4.78 is 36.5. The number of ether oxygens (including phenoxy) is 1. The molecule has 1 aliphatic rings. The van der Waals surface area contributed by atoms with Crippen molar-refractivity contribution in [2.24, 2.45) is 0 Å². The second-order valence-corrected chi connectivity index (χ2v) is 13.2. The molecule has 13 nitrogen and oxygen atoms in total. The number of nitrogens with one attached hydrogen (secondary N) is 1. The minimum atomic E-state index is -4.24. The van der Waals surface area contributed by atoms with E-state index in [-0.39, 0.29) is 27.0 Å². The van der Waals surface area contributed by atoms with E-state index in [1.807, 2.05) is 60.7 Å². The van der Waals surface area contributed by atoms with Crippen LogP contribution in [-0.4, -0.2) is 59.3 Å². The number of piperidine rings is 1. The largest absolute Gasteiger partial charge is 0.451 e. The number of para-hydroxylation sites is 1. The first kappa shape index (κ1) is 31.5. The Morgan fingerprint density at radius 3 is 2.32 bits per heavy atom. The summed E-state index contributed by atoms with van der Waals surface area (Å²) in [5, 5.41) is 28.6. The lowest BCUT2D eigenvalue weighted by Crippen LogP contribution is -2.42. The van der Waals surface area contributed by atoms with E-state index >= 15 is 0 Å².